The van der Waals surface area contributed by atoms with E-state index in [0.717, 1.165) is 12.3 Å². The summed E-state index contributed by atoms with van der Waals surface area (Å²) in [7, 11) is 0. The fourth-order valence-electron chi connectivity index (χ4n) is 1.54. The zero-order valence-electron chi connectivity index (χ0n) is 6.97. The molecule has 0 N–H and O–H groups in total. The Balaban J connectivity index is 2.14. The molecule has 0 saturated heterocycles. The lowest BCUT2D eigenvalue weighted by molar-refractivity contribution is 0.389. The van der Waals surface area contributed by atoms with E-state index in [4.69, 9.17) is 4.74 Å². The molecule has 0 radical (unpaired) electrons. The number of benzene rings is 1. The van der Waals surface area contributed by atoms with Gasteiger partial charge in [0, 0.05) is 18.0 Å². The maximum Gasteiger partial charge on any atom is 0.302 e. The van der Waals surface area contributed by atoms with E-state index < -0.39 is 0 Å². The Bertz CT molecular complexity index is 408. The molecule has 3 rings (SSSR count). The number of hydrogen-bond donors (Lipinski definition) is 0. The van der Waals surface area contributed by atoms with Crippen molar-refractivity contribution in [3.63, 3.8) is 0 Å². The van der Waals surface area contributed by atoms with Crippen LogP contribution in [0.1, 0.15) is 5.56 Å². The Labute approximate surface area is 75.6 Å². The Kier molecular flexibility index (Phi) is 1.22. The fourth-order valence-corrected chi connectivity index (χ4v) is 1.54. The van der Waals surface area contributed by atoms with Gasteiger partial charge in [-0.25, -0.2) is 4.98 Å². The summed E-state index contributed by atoms with van der Waals surface area (Å²) in [5.74, 6) is 0.918. The van der Waals surface area contributed by atoms with E-state index in [9.17, 15) is 0 Å². The number of imidazole rings is 1. The molecule has 0 unspecified atom stereocenters. The van der Waals surface area contributed by atoms with Crippen molar-refractivity contribution in [2.24, 2.45) is 0 Å². The first-order valence-corrected chi connectivity index (χ1v) is 4.20. The first-order valence-electron chi connectivity index (χ1n) is 4.20. The van der Waals surface area contributed by atoms with Crippen molar-refractivity contribution in [3.05, 3.63) is 42.2 Å². The molecule has 3 heteroatoms. The summed E-state index contributed by atoms with van der Waals surface area (Å²) in [4.78, 5) is 4.10. The van der Waals surface area contributed by atoms with Crippen LogP contribution < -0.4 is 4.74 Å². The van der Waals surface area contributed by atoms with Gasteiger partial charge in [0.25, 0.3) is 0 Å². The highest BCUT2D eigenvalue weighted by Crippen LogP contribution is 2.29. The molecule has 1 aliphatic rings. The molecule has 0 spiro atoms. The molecule has 1 aromatic heterocycles. The maximum atomic E-state index is 5.57. The molecule has 0 amide bonds. The monoisotopic (exact) mass is 172 g/mol. The first-order chi connectivity index (χ1) is 6.43. The number of para-hydroxylation sites is 1. The predicted molar refractivity (Wildman–Crippen MR) is 47.8 cm³/mol. The Morgan fingerprint density at radius 2 is 2.23 bits per heavy atom. The standard InChI is InChI=1S/C10H8N2O/c1-2-4-9-8(3-1)7-12-6-5-11-10(12)13-9/h1-6H,7H2. The molecule has 1 aromatic carbocycles. The Hall–Kier alpha value is -1.77. The molecule has 64 valence electrons. The zero-order chi connectivity index (χ0) is 8.67. The summed E-state index contributed by atoms with van der Waals surface area (Å²) >= 11 is 0. The van der Waals surface area contributed by atoms with Crippen molar-refractivity contribution in [3.8, 4) is 11.8 Å². The molecule has 0 bridgehead atoms. The SMILES string of the molecule is c1ccc2c(c1)Cn1ccnc1O2. The average Bonchev–Trinajstić information content (AvgIpc) is 2.61. The number of rotatable bonds is 0. The van der Waals surface area contributed by atoms with Gasteiger partial charge in [-0.15, -0.1) is 0 Å². The van der Waals surface area contributed by atoms with Crippen molar-refractivity contribution < 1.29 is 4.74 Å². The number of ether oxygens (including phenoxy) is 1. The quantitative estimate of drug-likeness (QED) is 0.518. The van der Waals surface area contributed by atoms with Crippen molar-refractivity contribution in [1.29, 1.82) is 0 Å². The number of nitrogens with zero attached hydrogens (tertiary/aromatic N) is 2. The van der Waals surface area contributed by atoms with Crippen LogP contribution in [0.4, 0.5) is 0 Å². The van der Waals surface area contributed by atoms with Crippen molar-refractivity contribution >= 4 is 0 Å². The molecule has 13 heavy (non-hydrogen) atoms. The topological polar surface area (TPSA) is 27.1 Å². The molecular formula is C10H8N2O. The summed E-state index contributed by atoms with van der Waals surface area (Å²) in [6.07, 6.45) is 3.67. The number of hydrogen-bond acceptors (Lipinski definition) is 2. The van der Waals surface area contributed by atoms with Crippen LogP contribution in [0.15, 0.2) is 36.7 Å². The van der Waals surface area contributed by atoms with E-state index in [-0.39, 0.29) is 0 Å². The smallest absolute Gasteiger partial charge is 0.302 e. The second-order valence-corrected chi connectivity index (χ2v) is 3.05. The second-order valence-electron chi connectivity index (χ2n) is 3.05. The summed E-state index contributed by atoms with van der Waals surface area (Å²) in [6, 6.07) is 8.70. The molecule has 0 saturated carbocycles. The van der Waals surface area contributed by atoms with Gasteiger partial charge in [-0.2, -0.15) is 0 Å². The van der Waals surface area contributed by atoms with Crippen LogP contribution in [0.5, 0.6) is 11.8 Å². The molecule has 2 aromatic rings. The Morgan fingerprint density at radius 3 is 3.23 bits per heavy atom. The highest BCUT2D eigenvalue weighted by molar-refractivity contribution is 5.38. The minimum absolute atomic E-state index is 0.679. The van der Waals surface area contributed by atoms with Gasteiger partial charge in [0.05, 0.1) is 6.54 Å². The van der Waals surface area contributed by atoms with E-state index in [1.165, 1.54) is 5.56 Å². The van der Waals surface area contributed by atoms with Gasteiger partial charge in [-0.3, -0.25) is 4.57 Å². The van der Waals surface area contributed by atoms with Gasteiger partial charge in [0.1, 0.15) is 5.75 Å². The van der Waals surface area contributed by atoms with Crippen LogP contribution in [0.25, 0.3) is 0 Å². The van der Waals surface area contributed by atoms with E-state index in [1.54, 1.807) is 6.20 Å². The highest BCUT2D eigenvalue weighted by Gasteiger charge is 2.15. The summed E-state index contributed by atoms with van der Waals surface area (Å²) < 4.78 is 7.56. The first kappa shape index (κ1) is 6.71. The van der Waals surface area contributed by atoms with E-state index in [1.807, 2.05) is 29.0 Å². The average molecular weight is 172 g/mol. The lowest BCUT2D eigenvalue weighted by Gasteiger charge is -2.17. The zero-order valence-corrected chi connectivity index (χ0v) is 6.97. The van der Waals surface area contributed by atoms with Crippen molar-refractivity contribution in [2.75, 3.05) is 0 Å². The molecule has 0 aliphatic carbocycles. The van der Waals surface area contributed by atoms with Crippen LogP contribution in [-0.4, -0.2) is 9.55 Å². The second kappa shape index (κ2) is 2.36. The lowest BCUT2D eigenvalue weighted by atomic mass is 10.2. The van der Waals surface area contributed by atoms with Gasteiger partial charge >= 0.3 is 6.01 Å². The molecule has 2 heterocycles. The van der Waals surface area contributed by atoms with Crippen LogP contribution in [-0.2, 0) is 6.54 Å². The van der Waals surface area contributed by atoms with E-state index in [2.05, 4.69) is 11.1 Å². The molecule has 1 aliphatic heterocycles. The van der Waals surface area contributed by atoms with Gasteiger partial charge in [-0.1, -0.05) is 18.2 Å². The van der Waals surface area contributed by atoms with Gasteiger partial charge in [0.2, 0.25) is 0 Å². The van der Waals surface area contributed by atoms with Crippen molar-refractivity contribution in [2.45, 2.75) is 6.54 Å². The summed E-state index contributed by atoms with van der Waals surface area (Å²) in [6.45, 7) is 0.853. The fraction of sp³-hybridized carbons (Fsp3) is 0.100. The minimum Gasteiger partial charge on any atom is -0.425 e. The number of aromatic nitrogens is 2. The largest absolute Gasteiger partial charge is 0.425 e. The third-order valence-electron chi connectivity index (χ3n) is 2.19. The van der Waals surface area contributed by atoms with Crippen molar-refractivity contribution in [1.82, 2.24) is 9.55 Å². The predicted octanol–water partition coefficient (Wildman–Crippen LogP) is 2.04. The number of fused-ring (bicyclic) bond motifs is 2. The van der Waals surface area contributed by atoms with Crippen LogP contribution in [0.2, 0.25) is 0 Å². The van der Waals surface area contributed by atoms with E-state index >= 15 is 0 Å². The third-order valence-corrected chi connectivity index (χ3v) is 2.19. The van der Waals surface area contributed by atoms with Gasteiger partial charge in [-0.05, 0) is 6.07 Å². The highest BCUT2D eigenvalue weighted by atomic mass is 16.5. The molecule has 0 atom stereocenters. The van der Waals surface area contributed by atoms with Gasteiger partial charge in [0.15, 0.2) is 0 Å². The van der Waals surface area contributed by atoms with Crippen LogP contribution in [0, 0.1) is 0 Å². The summed E-state index contributed by atoms with van der Waals surface area (Å²) in [5.41, 5.74) is 1.20. The molecular weight excluding hydrogens is 164 g/mol. The van der Waals surface area contributed by atoms with Crippen LogP contribution in [0.3, 0.4) is 0 Å². The van der Waals surface area contributed by atoms with E-state index in [0.29, 0.717) is 6.01 Å². The normalized spacial score (nSPS) is 12.9. The Morgan fingerprint density at radius 1 is 1.31 bits per heavy atom. The van der Waals surface area contributed by atoms with Crippen LogP contribution >= 0.6 is 0 Å². The third kappa shape index (κ3) is 0.935. The summed E-state index contributed by atoms with van der Waals surface area (Å²) in [5, 5.41) is 0. The molecule has 0 fully saturated rings. The molecule has 3 nitrogen and oxygen atoms in total. The minimum atomic E-state index is 0.679. The lowest BCUT2D eigenvalue weighted by Crippen LogP contribution is -2.08. The van der Waals surface area contributed by atoms with Gasteiger partial charge < -0.3 is 4.74 Å². The maximum absolute atomic E-state index is 5.57.